The van der Waals surface area contributed by atoms with Gasteiger partial charge in [0.25, 0.3) is 0 Å². The molecular weight excluding hydrogens is 323 g/mol. The molecule has 0 unspecified atom stereocenters. The minimum absolute atomic E-state index is 0.255. The molecule has 0 spiro atoms. The van der Waals surface area contributed by atoms with Crippen LogP contribution in [0.25, 0.3) is 0 Å². The van der Waals surface area contributed by atoms with Crippen LogP contribution in [0.4, 0.5) is 20.8 Å². The number of hydrogen-bond acceptors (Lipinski definition) is 4. The van der Waals surface area contributed by atoms with E-state index in [-0.39, 0.29) is 5.82 Å². The first-order valence-electron chi connectivity index (χ1n) is 8.22. The fourth-order valence-corrected chi connectivity index (χ4v) is 3.64. The second-order valence-corrected chi connectivity index (χ2v) is 7.27. The maximum atomic E-state index is 13.6. The lowest BCUT2D eigenvalue weighted by atomic mass is 10.2. The number of rotatable bonds is 5. The molecule has 1 aliphatic rings. The fraction of sp³-hybridized carbons (Fsp3) is 0.389. The summed E-state index contributed by atoms with van der Waals surface area (Å²) in [5, 5.41) is 7.81. The minimum Gasteiger partial charge on any atom is -0.345 e. The molecule has 4 nitrogen and oxygen atoms in total. The number of fused-ring (bicyclic) bond motifs is 2. The fourth-order valence-electron chi connectivity index (χ4n) is 2.63. The Morgan fingerprint density at radius 2 is 2.00 bits per heavy atom. The van der Waals surface area contributed by atoms with Crippen molar-refractivity contribution in [2.24, 2.45) is 4.99 Å². The summed E-state index contributed by atoms with van der Waals surface area (Å²) in [4.78, 5) is 8.21. The largest absolute Gasteiger partial charge is 0.345 e. The standard InChI is InChI=1S/C18H23FN4S/c1-4-13-11-14-17(20-8-5-9-23(2)3)21-16-10-12(19)6-7-15(16)22-18(14)24-13/h6-7,10-11,22H,4-5,8-9H2,1-3H3,(H,20,21). The molecule has 3 rings (SSSR count). The number of hydrogen-bond donors (Lipinski definition) is 2. The summed E-state index contributed by atoms with van der Waals surface area (Å²) in [5.74, 6) is 0.561. The van der Waals surface area contributed by atoms with Crippen LogP contribution in [-0.2, 0) is 6.42 Å². The maximum absolute atomic E-state index is 13.6. The molecule has 2 N–H and O–H groups in total. The zero-order chi connectivity index (χ0) is 17.1. The van der Waals surface area contributed by atoms with Crippen molar-refractivity contribution in [1.82, 2.24) is 4.90 Å². The summed E-state index contributed by atoms with van der Waals surface area (Å²) in [6.07, 6.45) is 1.98. The van der Waals surface area contributed by atoms with Crippen LogP contribution in [0.3, 0.4) is 0 Å². The molecule has 0 saturated heterocycles. The lowest BCUT2D eigenvalue weighted by Gasteiger charge is -2.10. The lowest BCUT2D eigenvalue weighted by molar-refractivity contribution is 0.403. The molecule has 128 valence electrons. The summed E-state index contributed by atoms with van der Waals surface area (Å²) >= 11 is 1.73. The molecule has 1 aromatic carbocycles. The summed E-state index contributed by atoms with van der Waals surface area (Å²) in [6.45, 7) is 3.88. The van der Waals surface area contributed by atoms with E-state index < -0.39 is 0 Å². The topological polar surface area (TPSA) is 39.7 Å². The Kier molecular flexibility index (Phi) is 5.16. The van der Waals surface area contributed by atoms with E-state index in [1.807, 2.05) is 0 Å². The van der Waals surface area contributed by atoms with Gasteiger partial charge in [0.2, 0.25) is 0 Å². The number of aliphatic imine (C=N–C) groups is 1. The number of amidine groups is 1. The van der Waals surface area contributed by atoms with Gasteiger partial charge in [-0.25, -0.2) is 4.39 Å². The third-order valence-corrected chi connectivity index (χ3v) is 5.10. The molecule has 2 aromatic rings. The molecule has 1 aliphatic heterocycles. The number of benzene rings is 1. The summed E-state index contributed by atoms with van der Waals surface area (Å²) in [7, 11) is 4.12. The van der Waals surface area contributed by atoms with Crippen LogP contribution in [-0.4, -0.2) is 37.9 Å². The third kappa shape index (κ3) is 3.76. The number of aryl methyl sites for hydroxylation is 1. The van der Waals surface area contributed by atoms with E-state index >= 15 is 0 Å². The van der Waals surface area contributed by atoms with Crippen molar-refractivity contribution < 1.29 is 4.39 Å². The van der Waals surface area contributed by atoms with Gasteiger partial charge in [-0.2, -0.15) is 0 Å². The van der Waals surface area contributed by atoms with Crippen LogP contribution in [0.1, 0.15) is 23.8 Å². The first-order valence-corrected chi connectivity index (χ1v) is 9.04. The summed E-state index contributed by atoms with van der Waals surface area (Å²) in [5.41, 5.74) is 2.67. The molecule has 0 amide bonds. The smallest absolute Gasteiger partial charge is 0.135 e. The highest BCUT2D eigenvalue weighted by Crippen LogP contribution is 2.37. The van der Waals surface area contributed by atoms with Gasteiger partial charge in [0.05, 0.1) is 16.9 Å². The highest BCUT2D eigenvalue weighted by molar-refractivity contribution is 7.16. The van der Waals surface area contributed by atoms with Gasteiger partial charge in [0, 0.05) is 11.4 Å². The van der Waals surface area contributed by atoms with Gasteiger partial charge in [0.15, 0.2) is 0 Å². The van der Waals surface area contributed by atoms with Crippen LogP contribution in [0.2, 0.25) is 0 Å². The summed E-state index contributed by atoms with van der Waals surface area (Å²) in [6, 6.07) is 6.92. The van der Waals surface area contributed by atoms with Gasteiger partial charge in [0.1, 0.15) is 16.7 Å². The van der Waals surface area contributed by atoms with E-state index in [9.17, 15) is 4.39 Å². The second-order valence-electron chi connectivity index (χ2n) is 6.14. The number of thiophene rings is 1. The molecule has 0 radical (unpaired) electrons. The molecule has 0 atom stereocenters. The highest BCUT2D eigenvalue weighted by Gasteiger charge is 2.20. The predicted molar refractivity (Wildman–Crippen MR) is 102 cm³/mol. The average Bonchev–Trinajstić information content (AvgIpc) is 2.89. The monoisotopic (exact) mass is 346 g/mol. The Labute approximate surface area is 146 Å². The van der Waals surface area contributed by atoms with Crippen LogP contribution < -0.4 is 10.6 Å². The molecule has 0 aliphatic carbocycles. The van der Waals surface area contributed by atoms with Gasteiger partial charge >= 0.3 is 0 Å². The van der Waals surface area contributed by atoms with Crippen molar-refractivity contribution in [1.29, 1.82) is 0 Å². The Morgan fingerprint density at radius 1 is 1.17 bits per heavy atom. The van der Waals surface area contributed by atoms with Crippen molar-refractivity contribution >= 4 is 33.5 Å². The summed E-state index contributed by atoms with van der Waals surface area (Å²) < 4.78 is 13.6. The Morgan fingerprint density at radius 3 is 2.75 bits per heavy atom. The Bertz CT molecular complexity index is 751. The van der Waals surface area contributed by atoms with E-state index in [1.165, 1.54) is 17.0 Å². The van der Waals surface area contributed by atoms with E-state index in [0.29, 0.717) is 0 Å². The van der Waals surface area contributed by atoms with Crippen molar-refractivity contribution in [3.8, 4) is 0 Å². The molecule has 0 bridgehead atoms. The third-order valence-electron chi connectivity index (χ3n) is 3.90. The van der Waals surface area contributed by atoms with E-state index in [0.717, 1.165) is 53.7 Å². The van der Waals surface area contributed by atoms with Crippen molar-refractivity contribution in [2.45, 2.75) is 19.8 Å². The first-order chi connectivity index (χ1) is 11.6. The molecule has 0 saturated carbocycles. The zero-order valence-corrected chi connectivity index (χ0v) is 15.1. The van der Waals surface area contributed by atoms with E-state index in [2.05, 4.69) is 42.6 Å². The van der Waals surface area contributed by atoms with Crippen LogP contribution in [0.15, 0.2) is 29.3 Å². The second kappa shape index (κ2) is 7.32. The molecule has 2 heterocycles. The van der Waals surface area contributed by atoms with Gasteiger partial charge in [-0.1, -0.05) is 6.92 Å². The van der Waals surface area contributed by atoms with Gasteiger partial charge in [-0.15, -0.1) is 11.3 Å². The molecule has 0 fully saturated rings. The first kappa shape index (κ1) is 16.9. The lowest BCUT2D eigenvalue weighted by Crippen LogP contribution is -2.16. The molecule has 6 heteroatoms. The molecule has 24 heavy (non-hydrogen) atoms. The number of nitrogens with zero attached hydrogens (tertiary/aromatic N) is 2. The van der Waals surface area contributed by atoms with Gasteiger partial charge in [-0.3, -0.25) is 4.99 Å². The van der Waals surface area contributed by atoms with Gasteiger partial charge < -0.3 is 15.5 Å². The predicted octanol–water partition coefficient (Wildman–Crippen LogP) is 4.32. The normalized spacial score (nSPS) is 14.8. The highest BCUT2D eigenvalue weighted by atomic mass is 32.1. The number of halogens is 1. The minimum atomic E-state index is -0.255. The number of nitrogens with one attached hydrogen (secondary N) is 2. The quantitative estimate of drug-likeness (QED) is 0.792. The van der Waals surface area contributed by atoms with E-state index in [1.54, 1.807) is 17.4 Å². The van der Waals surface area contributed by atoms with Gasteiger partial charge in [-0.05, 0) is 57.7 Å². The zero-order valence-electron chi connectivity index (χ0n) is 14.3. The maximum Gasteiger partial charge on any atom is 0.135 e. The number of anilines is 3. The Hall–Kier alpha value is -1.92. The van der Waals surface area contributed by atoms with Crippen LogP contribution in [0.5, 0.6) is 0 Å². The molecule has 1 aromatic heterocycles. The van der Waals surface area contributed by atoms with E-state index in [4.69, 9.17) is 4.99 Å². The SMILES string of the molecule is CCc1cc2c(s1)Nc1ccc(F)cc1NC2=NCCCN(C)C. The Balaban J connectivity index is 1.93. The van der Waals surface area contributed by atoms with Crippen molar-refractivity contribution in [3.63, 3.8) is 0 Å². The van der Waals surface area contributed by atoms with Crippen molar-refractivity contribution in [3.05, 3.63) is 40.5 Å². The van der Waals surface area contributed by atoms with Crippen molar-refractivity contribution in [2.75, 3.05) is 37.8 Å². The average molecular weight is 346 g/mol. The van der Waals surface area contributed by atoms with Crippen LogP contribution >= 0.6 is 11.3 Å². The van der Waals surface area contributed by atoms with Crippen LogP contribution in [0, 0.1) is 5.82 Å². The molecular formula is C18H23FN4S.